The molecule has 1 atom stereocenters. The molecule has 1 aromatic carbocycles. The summed E-state index contributed by atoms with van der Waals surface area (Å²) in [4.78, 5) is 12.0. The fourth-order valence-corrected chi connectivity index (χ4v) is 2.10. The van der Waals surface area contributed by atoms with E-state index in [1.54, 1.807) is 0 Å². The number of carbonyl (C=O) groups is 1. The van der Waals surface area contributed by atoms with Gasteiger partial charge in [-0.05, 0) is 53.5 Å². The fourth-order valence-electron chi connectivity index (χ4n) is 2.10. The Hall–Kier alpha value is -1.35. The Bertz CT molecular complexity index is 438. The molecule has 118 valence electrons. The first-order valence-corrected chi connectivity index (χ1v) is 7.49. The maximum Gasteiger partial charge on any atom is 0.308 e. The molecule has 21 heavy (non-hydrogen) atoms. The van der Waals surface area contributed by atoms with Crippen molar-refractivity contribution >= 4 is 5.97 Å². The van der Waals surface area contributed by atoms with E-state index in [-0.39, 0.29) is 24.1 Å². The van der Waals surface area contributed by atoms with Crippen molar-refractivity contribution < 1.29 is 14.3 Å². The summed E-state index contributed by atoms with van der Waals surface area (Å²) in [5.74, 6) is -0.215. The first-order chi connectivity index (χ1) is 9.55. The molecule has 3 nitrogen and oxygen atoms in total. The van der Waals surface area contributed by atoms with Gasteiger partial charge in [-0.15, -0.1) is 0 Å². The minimum Gasteiger partial charge on any atom is -0.460 e. The molecule has 0 aromatic heterocycles. The van der Waals surface area contributed by atoms with E-state index in [0.29, 0.717) is 6.42 Å². The van der Waals surface area contributed by atoms with Gasteiger partial charge in [0, 0.05) is 0 Å². The van der Waals surface area contributed by atoms with Gasteiger partial charge in [-0.2, -0.15) is 0 Å². The second kappa shape index (κ2) is 7.08. The first kappa shape index (κ1) is 17.7. The van der Waals surface area contributed by atoms with Crippen molar-refractivity contribution in [1.82, 2.24) is 0 Å². The Morgan fingerprint density at radius 3 is 2.05 bits per heavy atom. The average molecular weight is 292 g/mol. The van der Waals surface area contributed by atoms with E-state index in [1.165, 1.54) is 0 Å². The highest BCUT2D eigenvalue weighted by Crippen LogP contribution is 2.19. The normalized spacial score (nSPS) is 13.8. The van der Waals surface area contributed by atoms with Gasteiger partial charge in [-0.25, -0.2) is 0 Å². The molecule has 3 heteroatoms. The van der Waals surface area contributed by atoms with Crippen molar-refractivity contribution in [3.8, 4) is 0 Å². The number of rotatable bonds is 5. The van der Waals surface area contributed by atoms with Crippen LogP contribution in [0, 0.1) is 0 Å². The Balaban J connectivity index is 2.71. The van der Waals surface area contributed by atoms with Gasteiger partial charge in [0.25, 0.3) is 0 Å². The molecule has 0 fully saturated rings. The van der Waals surface area contributed by atoms with Crippen LogP contribution in [0.3, 0.4) is 0 Å². The molecule has 0 N–H and O–H groups in total. The van der Waals surface area contributed by atoms with E-state index in [9.17, 15) is 4.79 Å². The van der Waals surface area contributed by atoms with E-state index in [1.807, 2.05) is 71.9 Å². The molecule has 0 heterocycles. The lowest BCUT2D eigenvalue weighted by molar-refractivity contribution is -0.160. The SMILES string of the molecule is CC(C)(C)OC(=O)CC(Cc1ccccc1)OC(C)(C)C. The smallest absolute Gasteiger partial charge is 0.308 e. The van der Waals surface area contributed by atoms with Gasteiger partial charge in [-0.1, -0.05) is 30.3 Å². The minimum absolute atomic E-state index is 0.178. The van der Waals surface area contributed by atoms with Crippen molar-refractivity contribution in [3.05, 3.63) is 35.9 Å². The third-order valence-corrected chi connectivity index (χ3v) is 2.64. The molecule has 0 aliphatic carbocycles. The molecule has 0 radical (unpaired) electrons. The summed E-state index contributed by atoms with van der Waals surface area (Å²) in [5.41, 5.74) is 0.410. The monoisotopic (exact) mass is 292 g/mol. The van der Waals surface area contributed by atoms with E-state index >= 15 is 0 Å². The van der Waals surface area contributed by atoms with Crippen LogP contribution in [-0.2, 0) is 20.7 Å². The predicted octanol–water partition coefficient (Wildman–Crippen LogP) is 4.14. The molecule has 0 aliphatic heterocycles. The van der Waals surface area contributed by atoms with Crippen LogP contribution in [0.5, 0.6) is 0 Å². The largest absolute Gasteiger partial charge is 0.460 e. The Morgan fingerprint density at radius 2 is 1.57 bits per heavy atom. The molecule has 0 bridgehead atoms. The summed E-state index contributed by atoms with van der Waals surface area (Å²) in [6.07, 6.45) is 0.795. The minimum atomic E-state index is -0.462. The van der Waals surface area contributed by atoms with Crippen LogP contribution in [0.2, 0.25) is 0 Å². The summed E-state index contributed by atoms with van der Waals surface area (Å²) >= 11 is 0. The van der Waals surface area contributed by atoms with Gasteiger partial charge in [0.1, 0.15) is 5.60 Å². The summed E-state index contributed by atoms with van der Waals surface area (Å²) in [7, 11) is 0. The van der Waals surface area contributed by atoms with Crippen LogP contribution in [0.4, 0.5) is 0 Å². The fraction of sp³-hybridized carbons (Fsp3) is 0.611. The topological polar surface area (TPSA) is 35.5 Å². The van der Waals surface area contributed by atoms with Gasteiger partial charge < -0.3 is 9.47 Å². The lowest BCUT2D eigenvalue weighted by Crippen LogP contribution is -2.33. The molecule has 0 spiro atoms. The van der Waals surface area contributed by atoms with Gasteiger partial charge in [0.15, 0.2) is 0 Å². The molecule has 0 amide bonds. The molecule has 1 unspecified atom stereocenters. The average Bonchev–Trinajstić information content (AvgIpc) is 2.24. The zero-order valence-corrected chi connectivity index (χ0v) is 14.1. The highest BCUT2D eigenvalue weighted by atomic mass is 16.6. The summed E-state index contributed by atoms with van der Waals surface area (Å²) < 4.78 is 11.4. The second-order valence-corrected chi connectivity index (χ2v) is 7.33. The maximum atomic E-state index is 12.0. The van der Waals surface area contributed by atoms with E-state index in [2.05, 4.69) is 0 Å². The lowest BCUT2D eigenvalue weighted by Gasteiger charge is -2.28. The van der Waals surface area contributed by atoms with Crippen LogP contribution in [0.15, 0.2) is 30.3 Å². The summed E-state index contributed by atoms with van der Waals surface area (Å²) in [5, 5.41) is 0. The van der Waals surface area contributed by atoms with Crippen LogP contribution < -0.4 is 0 Å². The van der Waals surface area contributed by atoms with Crippen LogP contribution in [0.25, 0.3) is 0 Å². The number of ether oxygens (including phenoxy) is 2. The van der Waals surface area contributed by atoms with E-state index in [0.717, 1.165) is 5.56 Å². The third kappa shape index (κ3) is 8.51. The summed E-state index contributed by atoms with van der Waals surface area (Å²) in [6, 6.07) is 10.1. The number of benzene rings is 1. The Morgan fingerprint density at radius 1 is 1.00 bits per heavy atom. The lowest BCUT2D eigenvalue weighted by atomic mass is 10.0. The zero-order chi connectivity index (χ0) is 16.1. The quantitative estimate of drug-likeness (QED) is 0.765. The Kier molecular flexibility index (Phi) is 5.97. The van der Waals surface area contributed by atoms with Gasteiger partial charge >= 0.3 is 5.97 Å². The van der Waals surface area contributed by atoms with Crippen molar-refractivity contribution in [1.29, 1.82) is 0 Å². The molecule has 0 saturated heterocycles. The third-order valence-electron chi connectivity index (χ3n) is 2.64. The molecule has 1 aromatic rings. The standard InChI is InChI=1S/C18H28O3/c1-17(2,3)20-15(12-14-10-8-7-9-11-14)13-16(19)21-18(4,5)6/h7-11,15H,12-13H2,1-6H3. The number of esters is 1. The molecule has 1 rings (SSSR count). The van der Waals surface area contributed by atoms with Crippen molar-refractivity contribution in [2.75, 3.05) is 0 Å². The molecular weight excluding hydrogens is 264 g/mol. The van der Waals surface area contributed by atoms with E-state index in [4.69, 9.17) is 9.47 Å². The number of carbonyl (C=O) groups excluding carboxylic acids is 1. The van der Waals surface area contributed by atoms with Crippen LogP contribution >= 0.6 is 0 Å². The van der Waals surface area contributed by atoms with Crippen molar-refractivity contribution in [3.63, 3.8) is 0 Å². The highest BCUT2D eigenvalue weighted by molar-refractivity contribution is 5.70. The van der Waals surface area contributed by atoms with E-state index < -0.39 is 5.60 Å². The molecular formula is C18H28O3. The van der Waals surface area contributed by atoms with Crippen molar-refractivity contribution in [2.24, 2.45) is 0 Å². The zero-order valence-electron chi connectivity index (χ0n) is 14.1. The van der Waals surface area contributed by atoms with Gasteiger partial charge in [0.05, 0.1) is 18.1 Å². The highest BCUT2D eigenvalue weighted by Gasteiger charge is 2.25. The Labute approximate surface area is 128 Å². The molecule has 0 aliphatic rings. The summed E-state index contributed by atoms with van der Waals surface area (Å²) in [6.45, 7) is 11.6. The first-order valence-electron chi connectivity index (χ1n) is 7.49. The number of hydrogen-bond donors (Lipinski definition) is 0. The van der Waals surface area contributed by atoms with Gasteiger partial charge in [-0.3, -0.25) is 4.79 Å². The second-order valence-electron chi connectivity index (χ2n) is 7.33. The predicted molar refractivity (Wildman–Crippen MR) is 85.2 cm³/mol. The van der Waals surface area contributed by atoms with Crippen LogP contribution in [0.1, 0.15) is 53.5 Å². The number of hydrogen-bond acceptors (Lipinski definition) is 3. The maximum absolute atomic E-state index is 12.0. The van der Waals surface area contributed by atoms with Crippen LogP contribution in [-0.4, -0.2) is 23.3 Å². The van der Waals surface area contributed by atoms with Gasteiger partial charge in [0.2, 0.25) is 0 Å². The molecule has 0 saturated carbocycles. The van der Waals surface area contributed by atoms with Crippen molar-refractivity contribution in [2.45, 2.75) is 71.7 Å².